The minimum absolute atomic E-state index is 0.796. The van der Waals surface area contributed by atoms with Gasteiger partial charge in [-0.15, -0.1) is 0 Å². The van der Waals surface area contributed by atoms with Crippen molar-refractivity contribution in [1.82, 2.24) is 19.1 Å². The third-order valence-electron chi connectivity index (χ3n) is 14.2. The van der Waals surface area contributed by atoms with E-state index < -0.39 is 0 Å². The average Bonchev–Trinajstić information content (AvgIpc) is 3.98. The molecular formula is C68H46N6. The average molecular weight is 947 g/mol. The molecule has 6 nitrogen and oxygen atoms in total. The second-order valence-electron chi connectivity index (χ2n) is 18.6. The first-order chi connectivity index (χ1) is 36.7. The molecule has 0 spiro atoms. The van der Waals surface area contributed by atoms with Gasteiger partial charge >= 0.3 is 0 Å². The van der Waals surface area contributed by atoms with Gasteiger partial charge in [0, 0.05) is 66.8 Å². The van der Waals surface area contributed by atoms with E-state index in [4.69, 9.17) is 9.97 Å². The summed E-state index contributed by atoms with van der Waals surface area (Å²) in [6, 6.07) is 99.0. The SMILES string of the molecule is c1ccc(-c2nc3c(-n4c5ccccc5c5cc(N(c6ccccc6)c6ccccc6)ccc54)ccc(-n4c5ccccc5c5cc(N(c6ccccc6)c6ccccc6)ccc54)c3nc2-c2ccccc2)cc1. The van der Waals surface area contributed by atoms with Crippen molar-refractivity contribution < 1.29 is 0 Å². The van der Waals surface area contributed by atoms with Crippen LogP contribution >= 0.6 is 0 Å². The number of hydrogen-bond donors (Lipinski definition) is 0. The molecule has 0 saturated heterocycles. The van der Waals surface area contributed by atoms with E-state index in [1.54, 1.807) is 0 Å². The van der Waals surface area contributed by atoms with E-state index in [1.165, 1.54) is 0 Å². The molecule has 0 amide bonds. The zero-order chi connectivity index (χ0) is 49.0. The van der Waals surface area contributed by atoms with Crippen LogP contribution in [0.5, 0.6) is 0 Å². The first kappa shape index (κ1) is 42.8. The van der Waals surface area contributed by atoms with Gasteiger partial charge < -0.3 is 18.9 Å². The lowest BCUT2D eigenvalue weighted by molar-refractivity contribution is 1.14. The topological polar surface area (TPSA) is 42.1 Å². The molecule has 0 saturated carbocycles. The van der Waals surface area contributed by atoms with E-state index in [-0.39, 0.29) is 0 Å². The highest BCUT2D eigenvalue weighted by atomic mass is 15.2. The molecule has 3 aromatic heterocycles. The Bertz CT molecular complexity index is 3980. The molecule has 0 fully saturated rings. The summed E-state index contributed by atoms with van der Waals surface area (Å²) in [6.45, 7) is 0. The van der Waals surface area contributed by atoms with Crippen molar-refractivity contribution in [3.63, 3.8) is 0 Å². The Balaban J connectivity index is 1.04. The number of nitrogens with zero attached hydrogens (tertiary/aromatic N) is 6. The molecule has 3 heterocycles. The zero-order valence-corrected chi connectivity index (χ0v) is 40.2. The van der Waals surface area contributed by atoms with Crippen molar-refractivity contribution in [2.24, 2.45) is 0 Å². The maximum absolute atomic E-state index is 5.84. The normalized spacial score (nSPS) is 11.5. The molecule has 11 aromatic carbocycles. The summed E-state index contributed by atoms with van der Waals surface area (Å²) in [7, 11) is 0. The largest absolute Gasteiger partial charge is 0.310 e. The Morgan fingerprint density at radius 2 is 0.541 bits per heavy atom. The van der Waals surface area contributed by atoms with Crippen LogP contribution in [0.15, 0.2) is 279 Å². The van der Waals surface area contributed by atoms with Gasteiger partial charge in [0.15, 0.2) is 0 Å². The number of rotatable bonds is 10. The fraction of sp³-hybridized carbons (Fsp3) is 0. The van der Waals surface area contributed by atoms with Crippen LogP contribution < -0.4 is 9.80 Å². The van der Waals surface area contributed by atoms with Gasteiger partial charge in [-0.05, 0) is 109 Å². The highest BCUT2D eigenvalue weighted by Crippen LogP contribution is 2.45. The summed E-state index contributed by atoms with van der Waals surface area (Å²) in [5.41, 5.74) is 17.9. The van der Waals surface area contributed by atoms with Crippen molar-refractivity contribution in [2.75, 3.05) is 9.80 Å². The lowest BCUT2D eigenvalue weighted by atomic mass is 10.0. The number of anilines is 6. The molecule has 14 rings (SSSR count). The summed E-state index contributed by atoms with van der Waals surface area (Å²) in [5.74, 6) is 0. The maximum Gasteiger partial charge on any atom is 0.116 e. The molecule has 6 heteroatoms. The van der Waals surface area contributed by atoms with Gasteiger partial charge in [-0.3, -0.25) is 0 Å². The molecule has 0 bridgehead atoms. The molecule has 14 aromatic rings. The van der Waals surface area contributed by atoms with Gasteiger partial charge in [-0.1, -0.05) is 170 Å². The van der Waals surface area contributed by atoms with Crippen molar-refractivity contribution in [2.45, 2.75) is 0 Å². The van der Waals surface area contributed by atoms with E-state index in [2.05, 4.69) is 298 Å². The third-order valence-corrected chi connectivity index (χ3v) is 14.2. The van der Waals surface area contributed by atoms with Crippen LogP contribution in [0.1, 0.15) is 0 Å². The molecule has 0 aliphatic rings. The molecule has 0 N–H and O–H groups in total. The number of fused-ring (bicyclic) bond motifs is 7. The van der Waals surface area contributed by atoms with Gasteiger partial charge in [0.2, 0.25) is 0 Å². The summed E-state index contributed by atoms with van der Waals surface area (Å²) in [5, 5.41) is 4.58. The summed E-state index contributed by atoms with van der Waals surface area (Å²) in [4.78, 5) is 16.3. The number of hydrogen-bond acceptors (Lipinski definition) is 4. The molecule has 0 aliphatic heterocycles. The van der Waals surface area contributed by atoms with Crippen molar-refractivity contribution in [3.05, 3.63) is 279 Å². The fourth-order valence-corrected chi connectivity index (χ4v) is 11.0. The predicted molar refractivity (Wildman–Crippen MR) is 308 cm³/mol. The summed E-state index contributed by atoms with van der Waals surface area (Å²) < 4.78 is 4.78. The lowest BCUT2D eigenvalue weighted by Crippen LogP contribution is -2.09. The molecule has 348 valence electrons. The van der Waals surface area contributed by atoms with Gasteiger partial charge in [-0.2, -0.15) is 0 Å². The fourth-order valence-electron chi connectivity index (χ4n) is 11.0. The van der Waals surface area contributed by atoms with E-state index in [0.717, 1.165) is 123 Å². The van der Waals surface area contributed by atoms with Crippen LogP contribution in [0.2, 0.25) is 0 Å². The van der Waals surface area contributed by atoms with Crippen LogP contribution in [-0.2, 0) is 0 Å². The highest BCUT2D eigenvalue weighted by molar-refractivity contribution is 6.14. The smallest absolute Gasteiger partial charge is 0.116 e. The van der Waals surface area contributed by atoms with Gasteiger partial charge in [0.05, 0.1) is 44.8 Å². The second-order valence-corrected chi connectivity index (χ2v) is 18.6. The molecule has 74 heavy (non-hydrogen) atoms. The van der Waals surface area contributed by atoms with Crippen LogP contribution in [0.25, 0.3) is 88.5 Å². The molecule has 0 aliphatic carbocycles. The Morgan fingerprint density at radius 1 is 0.243 bits per heavy atom. The molecular weight excluding hydrogens is 901 g/mol. The van der Waals surface area contributed by atoms with Gasteiger partial charge in [0.1, 0.15) is 11.0 Å². The molecule has 0 radical (unpaired) electrons. The molecule has 0 unspecified atom stereocenters. The van der Waals surface area contributed by atoms with Crippen LogP contribution in [0, 0.1) is 0 Å². The Morgan fingerprint density at radius 3 is 0.892 bits per heavy atom. The predicted octanol–water partition coefficient (Wildman–Crippen LogP) is 18.1. The molecule has 0 atom stereocenters. The summed E-state index contributed by atoms with van der Waals surface area (Å²) >= 11 is 0. The first-order valence-electron chi connectivity index (χ1n) is 25.1. The number of aromatic nitrogens is 4. The van der Waals surface area contributed by atoms with Gasteiger partial charge in [0.25, 0.3) is 0 Å². The number of benzene rings is 11. The lowest BCUT2D eigenvalue weighted by Gasteiger charge is -2.25. The standard InChI is InChI=1S/C68H46N6/c1-7-23-47(24-8-1)65-66(48-25-9-2-10-26-48)70-68-64(74-60-38-22-20-36-56(60)58-46-54(40-42-62(58)74)72(51-31-15-5-16-32-51)52-33-17-6-18-34-52)44-43-63(67(68)69-65)73-59-37-21-19-35-55(59)57-45-53(39-41-61(57)73)71(49-27-11-3-12-28-49)50-29-13-4-14-30-50/h1-46H. The minimum Gasteiger partial charge on any atom is -0.310 e. The monoisotopic (exact) mass is 946 g/mol. The minimum atomic E-state index is 0.796. The van der Waals surface area contributed by atoms with Crippen molar-refractivity contribution in [1.29, 1.82) is 0 Å². The maximum atomic E-state index is 5.84. The quantitative estimate of drug-likeness (QED) is 0.137. The van der Waals surface area contributed by atoms with E-state index >= 15 is 0 Å². The highest BCUT2D eigenvalue weighted by Gasteiger charge is 2.25. The van der Waals surface area contributed by atoms with Crippen LogP contribution in [0.4, 0.5) is 34.1 Å². The van der Waals surface area contributed by atoms with Crippen LogP contribution in [0.3, 0.4) is 0 Å². The second kappa shape index (κ2) is 18.0. The Kier molecular flexibility index (Phi) is 10.4. The van der Waals surface area contributed by atoms with Crippen molar-refractivity contribution in [3.8, 4) is 33.9 Å². The van der Waals surface area contributed by atoms with E-state index in [9.17, 15) is 0 Å². The third kappa shape index (κ3) is 7.19. The van der Waals surface area contributed by atoms with E-state index in [1.807, 2.05) is 0 Å². The van der Waals surface area contributed by atoms with Crippen molar-refractivity contribution >= 4 is 88.8 Å². The first-order valence-corrected chi connectivity index (χ1v) is 25.1. The van der Waals surface area contributed by atoms with Crippen LogP contribution in [-0.4, -0.2) is 19.1 Å². The number of para-hydroxylation sites is 6. The summed E-state index contributed by atoms with van der Waals surface area (Å²) in [6.07, 6.45) is 0. The van der Waals surface area contributed by atoms with E-state index in [0.29, 0.717) is 0 Å². The Labute approximate surface area is 428 Å². The Hall–Kier alpha value is -10.0. The van der Waals surface area contributed by atoms with Gasteiger partial charge in [-0.25, -0.2) is 9.97 Å². The zero-order valence-electron chi connectivity index (χ0n) is 40.2.